The fourth-order valence-electron chi connectivity index (χ4n) is 2.43. The molecule has 1 aliphatic carbocycles. The first-order chi connectivity index (χ1) is 8.06. The summed E-state index contributed by atoms with van der Waals surface area (Å²) in [5.41, 5.74) is 0. The first kappa shape index (κ1) is 13.9. The molecule has 0 radical (unpaired) electrons. The van der Waals surface area contributed by atoms with E-state index in [1.54, 1.807) is 6.92 Å². The van der Waals surface area contributed by atoms with Gasteiger partial charge in [-0.1, -0.05) is 6.42 Å². The molecule has 0 heterocycles. The summed E-state index contributed by atoms with van der Waals surface area (Å²) in [5.74, 6) is -1.43. The van der Waals surface area contributed by atoms with Gasteiger partial charge in [0.25, 0.3) is 0 Å². The van der Waals surface area contributed by atoms with Crippen molar-refractivity contribution in [2.24, 2.45) is 11.8 Å². The number of Topliss-reactive ketones (excluding diaryl/α,β-unsaturated/α-hetero) is 2. The minimum Gasteiger partial charge on any atom is -0.465 e. The predicted molar refractivity (Wildman–Crippen MR) is 62.4 cm³/mol. The summed E-state index contributed by atoms with van der Waals surface area (Å²) in [6, 6.07) is 0. The van der Waals surface area contributed by atoms with E-state index in [0.29, 0.717) is 12.8 Å². The Bertz CT molecular complexity index is 309. The average Bonchev–Trinajstić information content (AvgIpc) is 2.43. The zero-order chi connectivity index (χ0) is 12.8. The van der Waals surface area contributed by atoms with Gasteiger partial charge in [0, 0.05) is 12.8 Å². The number of carbonyl (C=O) groups excluding carboxylic acids is 3. The van der Waals surface area contributed by atoms with Crippen LogP contribution in [0.3, 0.4) is 0 Å². The number of hydrogen-bond donors (Lipinski definition) is 0. The molecule has 1 saturated carbocycles. The minimum absolute atomic E-state index is 0.156. The summed E-state index contributed by atoms with van der Waals surface area (Å²) in [4.78, 5) is 34.9. The van der Waals surface area contributed by atoms with Crippen LogP contribution in [0.1, 0.15) is 46.0 Å². The predicted octanol–water partition coefficient (Wildman–Crippen LogP) is 1.90. The fourth-order valence-corrected chi connectivity index (χ4v) is 2.43. The second-order valence-corrected chi connectivity index (χ2v) is 4.59. The molecule has 1 rings (SSSR count). The maximum atomic E-state index is 11.7. The van der Waals surface area contributed by atoms with Crippen LogP contribution in [0.15, 0.2) is 0 Å². The van der Waals surface area contributed by atoms with Crippen molar-refractivity contribution in [1.82, 2.24) is 0 Å². The van der Waals surface area contributed by atoms with Crippen LogP contribution >= 0.6 is 0 Å². The molecule has 1 unspecified atom stereocenters. The molecule has 4 heteroatoms. The Morgan fingerprint density at radius 1 is 1.41 bits per heavy atom. The normalized spacial score (nSPS) is 22.7. The number of ketones is 2. The molecule has 0 saturated heterocycles. The molecule has 0 aromatic carbocycles. The van der Waals surface area contributed by atoms with Crippen LogP contribution in [0.5, 0.6) is 0 Å². The molecule has 96 valence electrons. The molecule has 0 aromatic heterocycles. The zero-order valence-corrected chi connectivity index (χ0v) is 10.5. The fraction of sp³-hybridized carbons (Fsp3) is 0.769. The Hall–Kier alpha value is -1.19. The maximum absolute atomic E-state index is 11.7. The summed E-state index contributed by atoms with van der Waals surface area (Å²) >= 11 is 0. The monoisotopic (exact) mass is 240 g/mol. The van der Waals surface area contributed by atoms with E-state index in [-0.39, 0.29) is 24.1 Å². The Morgan fingerprint density at radius 3 is 2.71 bits per heavy atom. The third-order valence-electron chi connectivity index (χ3n) is 3.22. The highest BCUT2D eigenvalue weighted by molar-refractivity contribution is 5.98. The van der Waals surface area contributed by atoms with Gasteiger partial charge >= 0.3 is 5.97 Å². The molecule has 1 fully saturated rings. The summed E-state index contributed by atoms with van der Waals surface area (Å²) < 4.78 is 4.92. The molecule has 0 amide bonds. The molecule has 0 aliphatic heterocycles. The van der Waals surface area contributed by atoms with E-state index in [9.17, 15) is 14.4 Å². The summed E-state index contributed by atoms with van der Waals surface area (Å²) in [6.45, 7) is 3.38. The first-order valence-electron chi connectivity index (χ1n) is 6.25. The lowest BCUT2D eigenvalue weighted by atomic mass is 9.83. The third kappa shape index (κ3) is 3.95. The van der Waals surface area contributed by atoms with Crippen LogP contribution in [0, 0.1) is 11.8 Å². The van der Waals surface area contributed by atoms with Crippen LogP contribution in [-0.2, 0) is 19.1 Å². The van der Waals surface area contributed by atoms with Crippen LogP contribution in [0.25, 0.3) is 0 Å². The molecule has 4 nitrogen and oxygen atoms in total. The van der Waals surface area contributed by atoms with Crippen molar-refractivity contribution >= 4 is 17.5 Å². The van der Waals surface area contributed by atoms with E-state index >= 15 is 0 Å². The molecular weight excluding hydrogens is 220 g/mol. The number of esters is 1. The molecule has 2 atom stereocenters. The van der Waals surface area contributed by atoms with Gasteiger partial charge in [-0.2, -0.15) is 0 Å². The second kappa shape index (κ2) is 6.52. The van der Waals surface area contributed by atoms with Crippen LogP contribution in [-0.4, -0.2) is 24.1 Å². The van der Waals surface area contributed by atoms with Crippen LogP contribution < -0.4 is 0 Å². The largest absolute Gasteiger partial charge is 0.465 e. The molecule has 17 heavy (non-hydrogen) atoms. The van der Waals surface area contributed by atoms with Crippen molar-refractivity contribution in [1.29, 1.82) is 0 Å². The Kier molecular flexibility index (Phi) is 5.32. The lowest BCUT2D eigenvalue weighted by Crippen LogP contribution is -2.32. The highest BCUT2D eigenvalue weighted by Gasteiger charge is 2.35. The van der Waals surface area contributed by atoms with Gasteiger partial charge in [0.1, 0.15) is 17.5 Å². The van der Waals surface area contributed by atoms with Gasteiger partial charge in [0.2, 0.25) is 0 Å². The lowest BCUT2D eigenvalue weighted by Gasteiger charge is -2.21. The Labute approximate surface area is 102 Å². The van der Waals surface area contributed by atoms with Crippen molar-refractivity contribution in [3.8, 4) is 0 Å². The summed E-state index contributed by atoms with van der Waals surface area (Å²) in [5, 5.41) is 0. The third-order valence-corrected chi connectivity index (χ3v) is 3.22. The molecule has 0 spiro atoms. The van der Waals surface area contributed by atoms with Gasteiger partial charge in [-0.3, -0.25) is 14.4 Å². The lowest BCUT2D eigenvalue weighted by molar-refractivity contribution is -0.153. The van der Waals surface area contributed by atoms with Crippen molar-refractivity contribution in [2.45, 2.75) is 46.0 Å². The first-order valence-corrected chi connectivity index (χ1v) is 6.25. The molecule has 0 bridgehead atoms. The highest BCUT2D eigenvalue weighted by Crippen LogP contribution is 2.29. The minimum atomic E-state index is -0.753. The van der Waals surface area contributed by atoms with E-state index in [2.05, 4.69) is 0 Å². The SMILES string of the molecule is CCOC(=O)C(C(C)=O)[C@H]1CCCCC(=O)C1. The standard InChI is InChI=1S/C13H20O4/c1-3-17-13(16)12(9(2)14)10-6-4-5-7-11(15)8-10/h10,12H,3-8H2,1-2H3/t10-,12?/m0/s1. The second-order valence-electron chi connectivity index (χ2n) is 4.59. The van der Waals surface area contributed by atoms with E-state index in [1.807, 2.05) is 0 Å². The number of rotatable bonds is 4. The number of hydrogen-bond acceptors (Lipinski definition) is 4. The van der Waals surface area contributed by atoms with Crippen molar-refractivity contribution in [3.63, 3.8) is 0 Å². The topological polar surface area (TPSA) is 60.4 Å². The Morgan fingerprint density at radius 2 is 2.12 bits per heavy atom. The molecule has 1 aliphatic rings. The van der Waals surface area contributed by atoms with Gasteiger partial charge in [0.15, 0.2) is 0 Å². The van der Waals surface area contributed by atoms with Crippen molar-refractivity contribution < 1.29 is 19.1 Å². The van der Waals surface area contributed by atoms with Crippen LogP contribution in [0.2, 0.25) is 0 Å². The smallest absolute Gasteiger partial charge is 0.316 e. The maximum Gasteiger partial charge on any atom is 0.316 e. The number of carbonyl (C=O) groups is 3. The molecule has 0 N–H and O–H groups in total. The van der Waals surface area contributed by atoms with Gasteiger partial charge in [-0.25, -0.2) is 0 Å². The van der Waals surface area contributed by atoms with Gasteiger partial charge in [0.05, 0.1) is 6.61 Å². The van der Waals surface area contributed by atoms with Gasteiger partial charge in [-0.15, -0.1) is 0 Å². The van der Waals surface area contributed by atoms with E-state index < -0.39 is 11.9 Å². The van der Waals surface area contributed by atoms with Crippen molar-refractivity contribution in [2.75, 3.05) is 6.61 Å². The molecule has 0 aromatic rings. The van der Waals surface area contributed by atoms with Gasteiger partial charge in [-0.05, 0) is 32.6 Å². The summed E-state index contributed by atoms with van der Waals surface area (Å²) in [6.07, 6.45) is 3.43. The number of ether oxygens (including phenoxy) is 1. The highest BCUT2D eigenvalue weighted by atomic mass is 16.5. The zero-order valence-electron chi connectivity index (χ0n) is 10.5. The summed E-state index contributed by atoms with van der Waals surface area (Å²) in [7, 11) is 0. The van der Waals surface area contributed by atoms with E-state index in [0.717, 1.165) is 19.3 Å². The van der Waals surface area contributed by atoms with E-state index in [4.69, 9.17) is 4.74 Å². The van der Waals surface area contributed by atoms with Gasteiger partial charge < -0.3 is 4.74 Å². The molecular formula is C13H20O4. The van der Waals surface area contributed by atoms with E-state index in [1.165, 1.54) is 6.92 Å². The quantitative estimate of drug-likeness (QED) is 0.428. The Balaban J connectivity index is 2.78. The van der Waals surface area contributed by atoms with Crippen molar-refractivity contribution in [3.05, 3.63) is 0 Å². The van der Waals surface area contributed by atoms with Crippen LogP contribution in [0.4, 0.5) is 0 Å². The average molecular weight is 240 g/mol.